The molecule has 0 amide bonds. The Bertz CT molecular complexity index is 633. The summed E-state index contributed by atoms with van der Waals surface area (Å²) in [4.78, 5) is 22.7. The minimum absolute atomic E-state index is 0.106. The molecule has 5 nitrogen and oxygen atoms in total. The second-order valence-electron chi connectivity index (χ2n) is 3.93. The Kier molecular flexibility index (Phi) is 1.71. The molecule has 1 aromatic carbocycles. The van der Waals surface area contributed by atoms with E-state index in [1.807, 2.05) is 0 Å². The summed E-state index contributed by atoms with van der Waals surface area (Å²) in [5.41, 5.74) is 0.870. The maximum absolute atomic E-state index is 11.6. The molecular weight excluding hydrogens is 210 g/mol. The summed E-state index contributed by atoms with van der Waals surface area (Å²) in [6.07, 6.45) is 1.81. The third kappa shape index (κ3) is 1.18. The molecule has 1 aliphatic rings. The maximum atomic E-state index is 11.6. The van der Waals surface area contributed by atoms with E-state index in [0.717, 1.165) is 12.8 Å². The van der Waals surface area contributed by atoms with Crippen molar-refractivity contribution in [3.63, 3.8) is 0 Å². The third-order valence-electron chi connectivity index (χ3n) is 2.78. The molecule has 0 bridgehead atoms. The molecule has 0 radical (unpaired) electrons. The molecule has 0 atom stereocenters. The summed E-state index contributed by atoms with van der Waals surface area (Å²) in [6, 6.07) is 4.78. The highest BCUT2D eigenvalue weighted by Gasteiger charge is 2.30. The number of nitrogens with zero attached hydrogens (tertiary/aromatic N) is 1. The lowest BCUT2D eigenvalue weighted by molar-refractivity contribution is 0.0698. The van der Waals surface area contributed by atoms with Gasteiger partial charge in [0, 0.05) is 6.04 Å². The molecule has 0 aliphatic heterocycles. The van der Waals surface area contributed by atoms with Gasteiger partial charge in [0.25, 0.3) is 0 Å². The lowest BCUT2D eigenvalue weighted by Crippen LogP contribution is -2.14. The van der Waals surface area contributed by atoms with Gasteiger partial charge in [0.15, 0.2) is 5.58 Å². The van der Waals surface area contributed by atoms with Crippen molar-refractivity contribution in [2.75, 3.05) is 0 Å². The summed E-state index contributed by atoms with van der Waals surface area (Å²) in [6.45, 7) is 0. The van der Waals surface area contributed by atoms with E-state index in [1.165, 1.54) is 10.6 Å². The van der Waals surface area contributed by atoms with Crippen molar-refractivity contribution >= 4 is 17.1 Å². The molecule has 0 saturated heterocycles. The molecule has 0 spiro atoms. The van der Waals surface area contributed by atoms with E-state index in [4.69, 9.17) is 9.52 Å². The van der Waals surface area contributed by atoms with E-state index in [0.29, 0.717) is 11.1 Å². The molecule has 1 aliphatic carbocycles. The number of carboxylic acids is 1. The van der Waals surface area contributed by atoms with Crippen LogP contribution in [0.25, 0.3) is 11.1 Å². The van der Waals surface area contributed by atoms with Crippen LogP contribution >= 0.6 is 0 Å². The van der Waals surface area contributed by atoms with Crippen LogP contribution in [0.3, 0.4) is 0 Å². The molecule has 1 aromatic heterocycles. The number of oxazole rings is 1. The SMILES string of the molecule is O=C(O)c1cccc2oc(=O)n(C3CC3)c12. The Labute approximate surface area is 89.9 Å². The number of aromatic nitrogens is 1. The molecule has 0 unspecified atom stereocenters. The summed E-state index contributed by atoms with van der Waals surface area (Å²) < 4.78 is 6.49. The van der Waals surface area contributed by atoms with Crippen LogP contribution < -0.4 is 5.76 Å². The predicted octanol–water partition coefficient (Wildman–Crippen LogP) is 1.63. The van der Waals surface area contributed by atoms with Crippen LogP contribution in [0, 0.1) is 0 Å². The van der Waals surface area contributed by atoms with Gasteiger partial charge < -0.3 is 9.52 Å². The van der Waals surface area contributed by atoms with E-state index in [-0.39, 0.29) is 11.6 Å². The third-order valence-corrected chi connectivity index (χ3v) is 2.78. The molecule has 16 heavy (non-hydrogen) atoms. The number of benzene rings is 1. The van der Waals surface area contributed by atoms with Gasteiger partial charge in [-0.2, -0.15) is 0 Å². The standard InChI is InChI=1S/C11H9NO4/c13-10(14)7-2-1-3-8-9(7)12(6-4-5-6)11(15)16-8/h1-3,6H,4-5H2,(H,13,14). The molecule has 1 fully saturated rings. The highest BCUT2D eigenvalue weighted by Crippen LogP contribution is 2.36. The van der Waals surface area contributed by atoms with E-state index < -0.39 is 11.7 Å². The maximum Gasteiger partial charge on any atom is 0.420 e. The van der Waals surface area contributed by atoms with Crippen LogP contribution in [-0.2, 0) is 0 Å². The van der Waals surface area contributed by atoms with Gasteiger partial charge >= 0.3 is 11.7 Å². The molecule has 5 heteroatoms. The quantitative estimate of drug-likeness (QED) is 0.833. The van der Waals surface area contributed by atoms with Gasteiger partial charge in [-0.3, -0.25) is 4.57 Å². The van der Waals surface area contributed by atoms with E-state index in [2.05, 4.69) is 0 Å². The number of hydrogen-bond donors (Lipinski definition) is 1. The summed E-state index contributed by atoms with van der Waals surface area (Å²) in [5.74, 6) is -1.51. The summed E-state index contributed by atoms with van der Waals surface area (Å²) >= 11 is 0. The highest BCUT2D eigenvalue weighted by atomic mass is 16.4. The fourth-order valence-electron chi connectivity index (χ4n) is 1.92. The number of fused-ring (bicyclic) bond motifs is 1. The summed E-state index contributed by atoms with van der Waals surface area (Å²) in [5, 5.41) is 9.06. The first kappa shape index (κ1) is 9.21. The van der Waals surface area contributed by atoms with Crippen molar-refractivity contribution < 1.29 is 14.3 Å². The van der Waals surface area contributed by atoms with Crippen LogP contribution in [0.1, 0.15) is 29.2 Å². The highest BCUT2D eigenvalue weighted by molar-refractivity contribution is 6.00. The average Bonchev–Trinajstić information content (AvgIpc) is 3.00. The van der Waals surface area contributed by atoms with Crippen molar-refractivity contribution in [1.29, 1.82) is 0 Å². The number of carbonyl (C=O) groups is 1. The first-order chi connectivity index (χ1) is 7.68. The Hall–Kier alpha value is -2.04. The molecular formula is C11H9NO4. The van der Waals surface area contributed by atoms with Gasteiger partial charge in [-0.05, 0) is 25.0 Å². The zero-order valence-corrected chi connectivity index (χ0v) is 8.34. The minimum Gasteiger partial charge on any atom is -0.478 e. The predicted molar refractivity (Wildman–Crippen MR) is 55.7 cm³/mol. The van der Waals surface area contributed by atoms with Gasteiger partial charge in [-0.1, -0.05) is 6.07 Å². The fourth-order valence-corrected chi connectivity index (χ4v) is 1.92. The largest absolute Gasteiger partial charge is 0.478 e. The Balaban J connectivity index is 2.43. The van der Waals surface area contributed by atoms with E-state index >= 15 is 0 Å². The Morgan fingerprint density at radius 2 is 2.19 bits per heavy atom. The number of carboxylic acid groups (broad SMARTS) is 1. The van der Waals surface area contributed by atoms with Crippen molar-refractivity contribution in [2.24, 2.45) is 0 Å². The smallest absolute Gasteiger partial charge is 0.420 e. The molecule has 1 saturated carbocycles. The van der Waals surface area contributed by atoms with Gasteiger partial charge in [-0.25, -0.2) is 9.59 Å². The zero-order chi connectivity index (χ0) is 11.3. The van der Waals surface area contributed by atoms with Crippen LogP contribution in [0.15, 0.2) is 27.4 Å². The van der Waals surface area contributed by atoms with E-state index in [1.54, 1.807) is 12.1 Å². The topological polar surface area (TPSA) is 72.4 Å². The molecule has 3 rings (SSSR count). The second kappa shape index (κ2) is 2.98. The van der Waals surface area contributed by atoms with Crippen molar-refractivity contribution in [3.05, 3.63) is 34.3 Å². The molecule has 1 N–H and O–H groups in total. The lowest BCUT2D eigenvalue weighted by Gasteiger charge is -2.01. The average molecular weight is 219 g/mol. The lowest BCUT2D eigenvalue weighted by atomic mass is 10.2. The number of aromatic carboxylic acids is 1. The second-order valence-corrected chi connectivity index (χ2v) is 3.93. The fraction of sp³-hybridized carbons (Fsp3) is 0.273. The van der Waals surface area contributed by atoms with Gasteiger partial charge in [0.05, 0.1) is 5.56 Å². The summed E-state index contributed by atoms with van der Waals surface area (Å²) in [7, 11) is 0. The van der Waals surface area contributed by atoms with Crippen LogP contribution in [0.2, 0.25) is 0 Å². The van der Waals surface area contributed by atoms with Crippen molar-refractivity contribution in [3.8, 4) is 0 Å². The van der Waals surface area contributed by atoms with E-state index in [9.17, 15) is 9.59 Å². The molecule has 1 heterocycles. The van der Waals surface area contributed by atoms with Crippen LogP contribution in [0.4, 0.5) is 0 Å². The normalized spacial score (nSPS) is 15.5. The number of rotatable bonds is 2. The molecule has 2 aromatic rings. The first-order valence-corrected chi connectivity index (χ1v) is 5.06. The Morgan fingerprint density at radius 3 is 2.81 bits per heavy atom. The van der Waals surface area contributed by atoms with Crippen LogP contribution in [-0.4, -0.2) is 15.6 Å². The van der Waals surface area contributed by atoms with Gasteiger partial charge in [-0.15, -0.1) is 0 Å². The monoisotopic (exact) mass is 219 g/mol. The minimum atomic E-state index is -1.04. The van der Waals surface area contributed by atoms with Crippen molar-refractivity contribution in [1.82, 2.24) is 4.57 Å². The van der Waals surface area contributed by atoms with Gasteiger partial charge in [0.2, 0.25) is 0 Å². The number of hydrogen-bond acceptors (Lipinski definition) is 3. The first-order valence-electron chi connectivity index (χ1n) is 5.06. The zero-order valence-electron chi connectivity index (χ0n) is 8.34. The Morgan fingerprint density at radius 1 is 1.44 bits per heavy atom. The molecule has 82 valence electrons. The van der Waals surface area contributed by atoms with Gasteiger partial charge in [0.1, 0.15) is 5.52 Å². The number of para-hydroxylation sites is 1. The van der Waals surface area contributed by atoms with Crippen molar-refractivity contribution in [2.45, 2.75) is 18.9 Å². The van der Waals surface area contributed by atoms with Crippen LogP contribution in [0.5, 0.6) is 0 Å².